The van der Waals surface area contributed by atoms with Gasteiger partial charge in [-0.2, -0.15) is 13.2 Å². The minimum atomic E-state index is -4.53. The van der Waals surface area contributed by atoms with E-state index in [2.05, 4.69) is 15.3 Å². The molecule has 0 atom stereocenters. The van der Waals surface area contributed by atoms with Crippen LogP contribution >= 0.6 is 0 Å². The summed E-state index contributed by atoms with van der Waals surface area (Å²) in [5.74, 6) is 0.306. The van der Waals surface area contributed by atoms with Gasteiger partial charge in [0.2, 0.25) is 5.91 Å². The standard InChI is InChI=1S/C22H19F3N4O4/c1-32-16-7-13-15(8-17(16)33-2)28-20-19(13)27-11-29(21(20)31)10-18(30)26-9-12-5-3-4-6-14(12)22(23,24)25/h3-8,11,28H,9-10H2,1-2H3,(H,26,30). The first-order valence-electron chi connectivity index (χ1n) is 9.77. The lowest BCUT2D eigenvalue weighted by atomic mass is 10.1. The number of halogens is 3. The van der Waals surface area contributed by atoms with Crippen LogP contribution in [0.4, 0.5) is 13.2 Å². The summed E-state index contributed by atoms with van der Waals surface area (Å²) >= 11 is 0. The van der Waals surface area contributed by atoms with Crippen molar-refractivity contribution in [3.05, 3.63) is 64.2 Å². The van der Waals surface area contributed by atoms with Gasteiger partial charge in [-0.05, 0) is 17.7 Å². The third kappa shape index (κ3) is 4.21. The van der Waals surface area contributed by atoms with Gasteiger partial charge in [-0.15, -0.1) is 0 Å². The van der Waals surface area contributed by atoms with Crippen LogP contribution in [0, 0.1) is 0 Å². The Labute approximate surface area is 184 Å². The average molecular weight is 460 g/mol. The van der Waals surface area contributed by atoms with Crippen molar-refractivity contribution in [3.63, 3.8) is 0 Å². The molecule has 0 spiro atoms. The average Bonchev–Trinajstić information content (AvgIpc) is 3.16. The van der Waals surface area contributed by atoms with E-state index in [9.17, 15) is 22.8 Å². The van der Waals surface area contributed by atoms with Crippen LogP contribution in [0.15, 0.2) is 47.5 Å². The van der Waals surface area contributed by atoms with Crippen LogP contribution in [0.25, 0.3) is 21.9 Å². The number of hydrogen-bond acceptors (Lipinski definition) is 5. The van der Waals surface area contributed by atoms with Gasteiger partial charge < -0.3 is 19.8 Å². The minimum absolute atomic E-state index is 0.0715. The van der Waals surface area contributed by atoms with Gasteiger partial charge in [0, 0.05) is 18.0 Å². The summed E-state index contributed by atoms with van der Waals surface area (Å²) < 4.78 is 51.0. The molecule has 11 heteroatoms. The van der Waals surface area contributed by atoms with Crippen LogP contribution in [0.1, 0.15) is 11.1 Å². The first-order valence-corrected chi connectivity index (χ1v) is 9.77. The third-order valence-electron chi connectivity index (χ3n) is 5.19. The minimum Gasteiger partial charge on any atom is -0.493 e. The number of methoxy groups -OCH3 is 2. The van der Waals surface area contributed by atoms with Gasteiger partial charge in [0.1, 0.15) is 17.6 Å². The fraction of sp³-hybridized carbons (Fsp3) is 0.227. The van der Waals surface area contributed by atoms with Crippen LogP contribution in [0.2, 0.25) is 0 Å². The van der Waals surface area contributed by atoms with Gasteiger partial charge in [0.15, 0.2) is 11.5 Å². The molecule has 172 valence electrons. The number of nitrogens with zero attached hydrogens (tertiary/aromatic N) is 2. The Kier molecular flexibility index (Phi) is 5.71. The van der Waals surface area contributed by atoms with Gasteiger partial charge in [-0.1, -0.05) is 18.2 Å². The van der Waals surface area contributed by atoms with Crippen molar-refractivity contribution in [1.82, 2.24) is 19.9 Å². The van der Waals surface area contributed by atoms with Crippen molar-refractivity contribution < 1.29 is 27.4 Å². The van der Waals surface area contributed by atoms with E-state index in [1.807, 2.05) is 0 Å². The summed E-state index contributed by atoms with van der Waals surface area (Å²) in [5.41, 5.74) is -0.227. The largest absolute Gasteiger partial charge is 0.493 e. The Hall–Kier alpha value is -4.02. The molecule has 0 saturated carbocycles. The Morgan fingerprint density at radius 1 is 1.15 bits per heavy atom. The van der Waals surface area contributed by atoms with E-state index in [0.717, 1.165) is 10.6 Å². The maximum atomic E-state index is 13.1. The van der Waals surface area contributed by atoms with Gasteiger partial charge in [-0.25, -0.2) is 4.98 Å². The monoisotopic (exact) mass is 460 g/mol. The number of benzene rings is 2. The zero-order valence-corrected chi connectivity index (χ0v) is 17.6. The van der Waals surface area contributed by atoms with Crippen LogP contribution in [-0.4, -0.2) is 34.7 Å². The fourth-order valence-corrected chi connectivity index (χ4v) is 3.59. The van der Waals surface area contributed by atoms with Gasteiger partial charge in [0.05, 0.1) is 31.6 Å². The Balaban J connectivity index is 1.58. The van der Waals surface area contributed by atoms with Crippen LogP contribution in [-0.2, 0) is 24.1 Å². The molecule has 0 radical (unpaired) electrons. The molecule has 0 bridgehead atoms. The normalized spacial score (nSPS) is 11.7. The number of ether oxygens (including phenoxy) is 2. The summed E-state index contributed by atoms with van der Waals surface area (Å²) in [6, 6.07) is 8.33. The molecule has 0 fully saturated rings. The van der Waals surface area contributed by atoms with Gasteiger partial charge in [-0.3, -0.25) is 14.2 Å². The molecule has 8 nitrogen and oxygen atoms in total. The van der Waals surface area contributed by atoms with E-state index in [0.29, 0.717) is 27.9 Å². The van der Waals surface area contributed by atoms with Gasteiger partial charge in [0.25, 0.3) is 5.56 Å². The second-order valence-corrected chi connectivity index (χ2v) is 7.21. The van der Waals surface area contributed by atoms with E-state index in [-0.39, 0.29) is 17.6 Å². The number of nitrogens with one attached hydrogen (secondary N) is 2. The van der Waals surface area contributed by atoms with E-state index < -0.39 is 29.8 Å². The number of rotatable bonds is 6. The van der Waals surface area contributed by atoms with E-state index >= 15 is 0 Å². The second-order valence-electron chi connectivity index (χ2n) is 7.21. The highest BCUT2D eigenvalue weighted by molar-refractivity contribution is 6.05. The Morgan fingerprint density at radius 2 is 1.85 bits per heavy atom. The molecule has 33 heavy (non-hydrogen) atoms. The number of aromatic nitrogens is 3. The van der Waals surface area contributed by atoms with Crippen molar-refractivity contribution in [3.8, 4) is 11.5 Å². The highest BCUT2D eigenvalue weighted by Crippen LogP contribution is 2.34. The SMILES string of the molecule is COc1cc2[nH]c3c(=O)n(CC(=O)NCc4ccccc4C(F)(F)F)cnc3c2cc1OC. The number of aromatic amines is 1. The third-order valence-corrected chi connectivity index (χ3v) is 5.19. The number of carbonyl (C=O) groups is 1. The summed E-state index contributed by atoms with van der Waals surface area (Å²) in [7, 11) is 2.98. The number of hydrogen-bond donors (Lipinski definition) is 2. The van der Waals surface area contributed by atoms with E-state index in [1.54, 1.807) is 12.1 Å². The maximum Gasteiger partial charge on any atom is 0.416 e. The highest BCUT2D eigenvalue weighted by Gasteiger charge is 2.32. The lowest BCUT2D eigenvalue weighted by molar-refractivity contribution is -0.138. The van der Waals surface area contributed by atoms with Crippen LogP contribution < -0.4 is 20.3 Å². The summed E-state index contributed by atoms with van der Waals surface area (Å²) in [4.78, 5) is 32.5. The lowest BCUT2D eigenvalue weighted by Crippen LogP contribution is -2.32. The number of alkyl halides is 3. The molecule has 2 aromatic carbocycles. The smallest absolute Gasteiger partial charge is 0.416 e. The van der Waals surface area contributed by atoms with Crippen LogP contribution in [0.3, 0.4) is 0 Å². The molecule has 1 amide bonds. The predicted molar refractivity (Wildman–Crippen MR) is 114 cm³/mol. The van der Waals surface area contributed by atoms with E-state index in [1.165, 1.54) is 38.7 Å². The zero-order valence-electron chi connectivity index (χ0n) is 17.6. The summed E-state index contributed by atoms with van der Waals surface area (Å²) in [6.45, 7) is -0.733. The predicted octanol–water partition coefficient (Wildman–Crippen LogP) is 3.23. The molecular weight excluding hydrogens is 441 g/mol. The van der Waals surface area contributed by atoms with Crippen molar-refractivity contribution in [2.24, 2.45) is 0 Å². The second kappa shape index (κ2) is 8.49. The first kappa shape index (κ1) is 22.2. The number of carbonyl (C=O) groups excluding carboxylic acids is 1. The topological polar surface area (TPSA) is 98.2 Å². The highest BCUT2D eigenvalue weighted by atomic mass is 19.4. The number of amides is 1. The molecular formula is C22H19F3N4O4. The lowest BCUT2D eigenvalue weighted by Gasteiger charge is -2.13. The molecule has 0 aliphatic rings. The molecule has 2 N–H and O–H groups in total. The van der Waals surface area contributed by atoms with Crippen molar-refractivity contribution >= 4 is 27.8 Å². The molecule has 0 aliphatic carbocycles. The Morgan fingerprint density at radius 3 is 2.55 bits per heavy atom. The molecule has 4 rings (SSSR count). The summed E-state index contributed by atoms with van der Waals surface area (Å²) in [5, 5.41) is 3.06. The maximum absolute atomic E-state index is 13.1. The molecule has 2 heterocycles. The first-order chi connectivity index (χ1) is 15.7. The van der Waals surface area contributed by atoms with E-state index in [4.69, 9.17) is 9.47 Å². The molecule has 4 aromatic rings. The summed E-state index contributed by atoms with van der Waals surface area (Å²) in [6.07, 6.45) is -3.31. The molecule has 0 unspecified atom stereocenters. The fourth-order valence-electron chi connectivity index (χ4n) is 3.59. The number of H-pyrrole nitrogens is 1. The van der Waals surface area contributed by atoms with Gasteiger partial charge >= 0.3 is 6.18 Å². The van der Waals surface area contributed by atoms with Crippen molar-refractivity contribution in [2.45, 2.75) is 19.3 Å². The number of fused-ring (bicyclic) bond motifs is 3. The Bertz CT molecular complexity index is 1410. The zero-order chi connectivity index (χ0) is 23.8. The quantitative estimate of drug-likeness (QED) is 0.461. The molecule has 0 saturated heterocycles. The van der Waals surface area contributed by atoms with Crippen molar-refractivity contribution in [2.75, 3.05) is 14.2 Å². The molecule has 2 aromatic heterocycles. The van der Waals surface area contributed by atoms with Crippen LogP contribution in [0.5, 0.6) is 11.5 Å². The van der Waals surface area contributed by atoms with Crippen molar-refractivity contribution in [1.29, 1.82) is 0 Å². The molecule has 0 aliphatic heterocycles.